The normalized spacial score (nSPS) is 11.8. The van der Waals surface area contributed by atoms with Gasteiger partial charge in [-0.1, -0.05) is 6.07 Å². The van der Waals surface area contributed by atoms with Crippen LogP contribution in [0.25, 0.3) is 0 Å². The molecular formula is C14H20N2O4. The molecule has 110 valence electrons. The molecular weight excluding hydrogens is 260 g/mol. The fourth-order valence-corrected chi connectivity index (χ4v) is 1.85. The average molecular weight is 280 g/mol. The van der Waals surface area contributed by atoms with E-state index >= 15 is 0 Å². The Balaban J connectivity index is 2.82. The van der Waals surface area contributed by atoms with Crippen molar-refractivity contribution in [2.75, 3.05) is 25.7 Å². The number of aryl methyl sites for hydroxylation is 2. The van der Waals surface area contributed by atoms with Crippen LogP contribution in [0.2, 0.25) is 0 Å². The number of nitrogens with one attached hydrogen (secondary N) is 1. The van der Waals surface area contributed by atoms with Crippen molar-refractivity contribution in [2.45, 2.75) is 19.9 Å². The number of aliphatic carboxylic acids is 1. The van der Waals surface area contributed by atoms with Crippen LogP contribution < -0.4 is 10.2 Å². The fourth-order valence-electron chi connectivity index (χ4n) is 1.85. The molecule has 1 unspecified atom stereocenters. The summed E-state index contributed by atoms with van der Waals surface area (Å²) in [6, 6.07) is 4.16. The molecule has 2 N–H and O–H groups in total. The molecule has 1 atom stereocenters. The highest BCUT2D eigenvalue weighted by atomic mass is 16.5. The molecule has 2 amide bonds. The first kappa shape index (κ1) is 16.0. The van der Waals surface area contributed by atoms with Crippen LogP contribution in [0.1, 0.15) is 11.1 Å². The van der Waals surface area contributed by atoms with E-state index in [2.05, 4.69) is 5.32 Å². The second-order valence-electron chi connectivity index (χ2n) is 4.70. The summed E-state index contributed by atoms with van der Waals surface area (Å²) in [6.45, 7) is 3.79. The molecule has 1 aromatic rings. The molecule has 0 aromatic heterocycles. The van der Waals surface area contributed by atoms with Gasteiger partial charge in [0.2, 0.25) is 0 Å². The SMILES string of the molecule is COCC(NC(=O)N(C)c1cc(C)cc(C)c1)C(=O)O. The van der Waals surface area contributed by atoms with Crippen molar-refractivity contribution < 1.29 is 19.4 Å². The number of hydrogen-bond donors (Lipinski definition) is 2. The van der Waals surface area contributed by atoms with Crippen molar-refractivity contribution >= 4 is 17.7 Å². The lowest BCUT2D eigenvalue weighted by atomic mass is 10.1. The van der Waals surface area contributed by atoms with Gasteiger partial charge in [0.1, 0.15) is 0 Å². The van der Waals surface area contributed by atoms with Crippen molar-refractivity contribution in [1.29, 1.82) is 0 Å². The highest BCUT2D eigenvalue weighted by Crippen LogP contribution is 2.17. The number of carbonyl (C=O) groups excluding carboxylic acids is 1. The average Bonchev–Trinajstić information content (AvgIpc) is 2.35. The molecule has 0 aliphatic heterocycles. The molecule has 0 spiro atoms. The van der Waals surface area contributed by atoms with E-state index in [4.69, 9.17) is 9.84 Å². The maximum Gasteiger partial charge on any atom is 0.328 e. The summed E-state index contributed by atoms with van der Waals surface area (Å²) in [7, 11) is 2.98. The van der Waals surface area contributed by atoms with Gasteiger partial charge in [-0.15, -0.1) is 0 Å². The predicted octanol–water partition coefficient (Wildman–Crippen LogP) is 1.55. The molecule has 0 aliphatic rings. The van der Waals surface area contributed by atoms with Crippen LogP contribution >= 0.6 is 0 Å². The monoisotopic (exact) mass is 280 g/mol. The quantitative estimate of drug-likeness (QED) is 0.857. The molecule has 0 fully saturated rings. The zero-order chi connectivity index (χ0) is 15.3. The van der Waals surface area contributed by atoms with Gasteiger partial charge in [0.05, 0.1) is 6.61 Å². The number of urea groups is 1. The highest BCUT2D eigenvalue weighted by molar-refractivity contribution is 5.94. The van der Waals surface area contributed by atoms with Gasteiger partial charge >= 0.3 is 12.0 Å². The Hall–Kier alpha value is -2.08. The maximum atomic E-state index is 12.1. The Morgan fingerprint density at radius 2 is 1.85 bits per heavy atom. The number of amides is 2. The summed E-state index contributed by atoms with van der Waals surface area (Å²) in [5.41, 5.74) is 2.78. The fraction of sp³-hybridized carbons (Fsp3) is 0.429. The van der Waals surface area contributed by atoms with E-state index in [1.165, 1.54) is 12.0 Å². The standard InChI is InChI=1S/C14H20N2O4/c1-9-5-10(2)7-11(6-9)16(3)14(19)15-12(8-20-4)13(17)18/h5-7,12H,8H2,1-4H3,(H,15,19)(H,17,18). The minimum Gasteiger partial charge on any atom is -0.480 e. The van der Waals surface area contributed by atoms with Crippen molar-refractivity contribution in [3.8, 4) is 0 Å². The Bertz CT molecular complexity index is 482. The summed E-state index contributed by atoms with van der Waals surface area (Å²) in [5, 5.41) is 11.4. The lowest BCUT2D eigenvalue weighted by Gasteiger charge is -2.22. The molecule has 20 heavy (non-hydrogen) atoms. The van der Waals surface area contributed by atoms with Crippen LogP contribution in [0.15, 0.2) is 18.2 Å². The first-order chi connectivity index (χ1) is 9.35. The van der Waals surface area contributed by atoms with Crippen LogP contribution in [-0.2, 0) is 9.53 Å². The van der Waals surface area contributed by atoms with E-state index in [-0.39, 0.29) is 6.61 Å². The summed E-state index contributed by atoms with van der Waals surface area (Å²) in [4.78, 5) is 24.4. The molecule has 0 saturated heterocycles. The second-order valence-corrected chi connectivity index (χ2v) is 4.70. The number of nitrogens with zero attached hydrogens (tertiary/aromatic N) is 1. The van der Waals surface area contributed by atoms with E-state index < -0.39 is 18.0 Å². The number of ether oxygens (including phenoxy) is 1. The molecule has 1 aromatic carbocycles. The second kappa shape index (κ2) is 6.91. The van der Waals surface area contributed by atoms with Gasteiger partial charge in [-0.2, -0.15) is 0 Å². The van der Waals surface area contributed by atoms with E-state index in [1.54, 1.807) is 7.05 Å². The number of carboxylic acid groups (broad SMARTS) is 1. The van der Waals surface area contributed by atoms with Crippen LogP contribution in [0.4, 0.5) is 10.5 Å². The number of carbonyl (C=O) groups is 2. The first-order valence-corrected chi connectivity index (χ1v) is 6.19. The minimum absolute atomic E-state index is 0.0816. The van der Waals surface area contributed by atoms with Gasteiger partial charge in [0.15, 0.2) is 6.04 Å². The molecule has 6 heteroatoms. The van der Waals surface area contributed by atoms with E-state index in [9.17, 15) is 9.59 Å². The predicted molar refractivity (Wildman–Crippen MR) is 76.2 cm³/mol. The number of benzene rings is 1. The Kier molecular flexibility index (Phi) is 5.52. The van der Waals surface area contributed by atoms with Gasteiger partial charge in [0.25, 0.3) is 0 Å². The van der Waals surface area contributed by atoms with Crippen LogP contribution in [0.3, 0.4) is 0 Å². The lowest BCUT2D eigenvalue weighted by molar-refractivity contribution is -0.140. The highest BCUT2D eigenvalue weighted by Gasteiger charge is 2.22. The van der Waals surface area contributed by atoms with Gasteiger partial charge in [-0.3, -0.25) is 4.90 Å². The van der Waals surface area contributed by atoms with Crippen molar-refractivity contribution in [1.82, 2.24) is 5.32 Å². The molecule has 1 rings (SSSR count). The summed E-state index contributed by atoms with van der Waals surface area (Å²) >= 11 is 0. The molecule has 6 nitrogen and oxygen atoms in total. The van der Waals surface area contributed by atoms with E-state index in [0.29, 0.717) is 5.69 Å². The zero-order valence-corrected chi connectivity index (χ0v) is 12.1. The zero-order valence-electron chi connectivity index (χ0n) is 12.1. The largest absolute Gasteiger partial charge is 0.480 e. The van der Waals surface area contributed by atoms with E-state index in [1.807, 2.05) is 32.0 Å². The molecule has 0 saturated carbocycles. The van der Waals surface area contributed by atoms with Crippen LogP contribution in [-0.4, -0.2) is 43.9 Å². The third-order valence-corrected chi connectivity index (χ3v) is 2.83. The van der Waals surface area contributed by atoms with Gasteiger partial charge in [0, 0.05) is 19.8 Å². The molecule has 0 bridgehead atoms. The van der Waals surface area contributed by atoms with Crippen LogP contribution in [0, 0.1) is 13.8 Å². The summed E-state index contributed by atoms with van der Waals surface area (Å²) in [5.74, 6) is -1.13. The smallest absolute Gasteiger partial charge is 0.328 e. The number of anilines is 1. The molecule has 0 aliphatic carbocycles. The number of carboxylic acids is 1. The van der Waals surface area contributed by atoms with Crippen molar-refractivity contribution in [3.05, 3.63) is 29.3 Å². The van der Waals surface area contributed by atoms with Crippen molar-refractivity contribution in [2.24, 2.45) is 0 Å². The van der Waals surface area contributed by atoms with Gasteiger partial charge in [-0.05, 0) is 37.1 Å². The Morgan fingerprint density at radius 3 is 2.30 bits per heavy atom. The maximum absolute atomic E-state index is 12.1. The topological polar surface area (TPSA) is 78.9 Å². The lowest BCUT2D eigenvalue weighted by Crippen LogP contribution is -2.48. The van der Waals surface area contributed by atoms with Gasteiger partial charge in [-0.25, -0.2) is 9.59 Å². The summed E-state index contributed by atoms with van der Waals surface area (Å²) < 4.78 is 4.78. The van der Waals surface area contributed by atoms with Crippen LogP contribution in [0.5, 0.6) is 0 Å². The van der Waals surface area contributed by atoms with Gasteiger partial charge < -0.3 is 15.2 Å². The van der Waals surface area contributed by atoms with Crippen molar-refractivity contribution in [3.63, 3.8) is 0 Å². The number of hydrogen-bond acceptors (Lipinski definition) is 3. The first-order valence-electron chi connectivity index (χ1n) is 6.19. The third kappa shape index (κ3) is 4.24. The minimum atomic E-state index is -1.13. The number of rotatable bonds is 5. The summed E-state index contributed by atoms with van der Waals surface area (Å²) in [6.07, 6.45) is 0. The number of methoxy groups -OCH3 is 1. The Morgan fingerprint density at radius 1 is 1.30 bits per heavy atom. The third-order valence-electron chi connectivity index (χ3n) is 2.83. The molecule has 0 radical (unpaired) electrons. The molecule has 0 heterocycles. The van der Waals surface area contributed by atoms with E-state index in [0.717, 1.165) is 11.1 Å². The Labute approximate surface area is 118 Å².